The number of benzene rings is 6. The van der Waals surface area contributed by atoms with Crippen molar-refractivity contribution in [3.8, 4) is 0 Å². The van der Waals surface area contributed by atoms with E-state index in [2.05, 4.69) is 0 Å². The van der Waals surface area contributed by atoms with Crippen LogP contribution in [0.4, 0.5) is 0 Å². The number of carbonyl (C=O) groups is 9. The van der Waals surface area contributed by atoms with Gasteiger partial charge in [0.1, 0.15) is 19.8 Å². The fourth-order valence-electron chi connectivity index (χ4n) is 13.2. The van der Waals surface area contributed by atoms with E-state index >= 15 is 13.7 Å². The Morgan fingerprint density at radius 2 is 0.419 bits per heavy atom. The summed E-state index contributed by atoms with van der Waals surface area (Å²) in [5.41, 5.74) is 4.33. The molecule has 0 unspecified atom stereocenters. The predicted molar refractivity (Wildman–Crippen MR) is 367 cm³/mol. The number of hydrogen-bond acceptors (Lipinski definition) is 15. The van der Waals surface area contributed by atoms with Crippen LogP contribution in [0.15, 0.2) is 72.8 Å². The second-order valence-corrected chi connectivity index (χ2v) is 34.2. The number of aryl methyl sites for hydroxylation is 18. The molecule has 0 N–H and O–H groups in total. The lowest BCUT2D eigenvalue weighted by molar-refractivity contribution is -0.161. The van der Waals surface area contributed by atoms with Gasteiger partial charge in [-0.1, -0.05) is 113 Å². The molecule has 0 heterocycles. The normalized spacial score (nSPS) is 11.9. The molecule has 0 amide bonds. The van der Waals surface area contributed by atoms with Gasteiger partial charge in [-0.15, -0.1) is 0 Å². The quantitative estimate of drug-likeness (QED) is 0.0252. The zero-order valence-corrected chi connectivity index (χ0v) is 60.1. The molecule has 93 heavy (non-hydrogen) atoms. The van der Waals surface area contributed by atoms with E-state index in [-0.39, 0.29) is 39.8 Å². The summed E-state index contributed by atoms with van der Waals surface area (Å²) in [7, 11) is -14.1. The van der Waals surface area contributed by atoms with Crippen molar-refractivity contribution in [2.45, 2.75) is 157 Å². The van der Waals surface area contributed by atoms with Crippen molar-refractivity contribution in [3.05, 3.63) is 206 Å². The van der Waals surface area contributed by atoms with Gasteiger partial charge in [-0.3, -0.25) is 43.2 Å². The Hall–Kier alpha value is -7.56. The average Bonchev–Trinajstić information content (AvgIpc) is 0.803. The molecule has 6 rings (SSSR count). The van der Waals surface area contributed by atoms with Crippen molar-refractivity contribution in [2.75, 3.05) is 38.3 Å². The Bertz CT molecular complexity index is 3470. The monoisotopic (exact) mass is 1320 g/mol. The van der Waals surface area contributed by atoms with Gasteiger partial charge in [-0.05, 0) is 198 Å². The van der Waals surface area contributed by atoms with Gasteiger partial charge in [0, 0.05) is 51.9 Å². The molecule has 0 saturated heterocycles. The van der Waals surface area contributed by atoms with E-state index in [1.54, 1.807) is 163 Å². The Morgan fingerprint density at radius 3 is 0.548 bits per heavy atom. The first kappa shape index (κ1) is 74.5. The van der Waals surface area contributed by atoms with E-state index in [9.17, 15) is 43.2 Å². The molecule has 0 aromatic heterocycles. The van der Waals surface area contributed by atoms with Gasteiger partial charge in [-0.2, -0.15) is 0 Å². The van der Waals surface area contributed by atoms with Crippen LogP contribution < -0.4 is 0 Å². The van der Waals surface area contributed by atoms with Crippen molar-refractivity contribution in [3.63, 3.8) is 0 Å². The minimum Gasteiger partial charge on any atom is -0.465 e. The van der Waals surface area contributed by atoms with Crippen LogP contribution >= 0.6 is 21.4 Å². The smallest absolute Gasteiger partial charge is 0.306 e. The van der Waals surface area contributed by atoms with Gasteiger partial charge < -0.3 is 27.9 Å². The lowest BCUT2D eigenvalue weighted by Gasteiger charge is -2.31. The summed E-state index contributed by atoms with van der Waals surface area (Å²) in [6, 6.07) is 20.9. The minimum absolute atomic E-state index is 0.0604. The second kappa shape index (κ2) is 29.8. The third kappa shape index (κ3) is 16.3. The second-order valence-electron chi connectivity index (χ2n) is 25.9. The van der Waals surface area contributed by atoms with Gasteiger partial charge in [0.05, 0.1) is 24.7 Å². The topological polar surface area (TPSA) is 233 Å². The summed E-state index contributed by atoms with van der Waals surface area (Å²) in [5, 5.41) is 0. The SMILES string of the molecule is CCC(COC(=O)CCP(=O)(C(=O)c1c(C)cc(C)cc1C)C(=O)c1c(C)cc(C)cc1C)(COC(=O)CCP(=O)(C(=O)c1c(C)cc(C)cc1C)C(=O)c1c(C)cc(C)cc1C)COC(=O)CCP(=O)(C(=O)c1c(C)cc(C)cc1C)C(=O)c1c(C)cc(C)cc1C. The van der Waals surface area contributed by atoms with Crippen LogP contribution in [0.25, 0.3) is 0 Å². The van der Waals surface area contributed by atoms with Gasteiger partial charge in [0.25, 0.3) is 0 Å². The number of rotatable bonds is 28. The maximum Gasteiger partial charge on any atom is 0.306 e. The van der Waals surface area contributed by atoms with Crippen LogP contribution in [0, 0.1) is 130 Å². The van der Waals surface area contributed by atoms with E-state index in [0.29, 0.717) is 66.8 Å². The van der Waals surface area contributed by atoms with E-state index in [0.717, 1.165) is 33.4 Å². The number of esters is 3. The standard InChI is InChI=1S/C75H89O15P3/c1-20-75(39-88-60(76)21-24-91(85,69(79)63-48(8)27-42(2)28-49(63)9)70(80)64-50(10)29-43(3)30-51(64)11,40-89-61(77)22-25-92(86,71(81)65-52(12)31-44(4)32-53(65)13)72(82)66-54(14)33-45(5)34-55(66)15)41-90-62(78)23-26-93(87,73(83)67-56(16)35-46(6)36-57(67)17)74(84)68-58(18)37-47(7)38-59(68)19/h27-38H,20-26,39-41H2,1-19H3. The molecule has 0 fully saturated rings. The molecule has 0 atom stereocenters. The van der Waals surface area contributed by atoms with Crippen LogP contribution in [-0.2, 0) is 42.3 Å². The summed E-state index contributed by atoms with van der Waals surface area (Å²) < 4.78 is 64.2. The molecule has 494 valence electrons. The van der Waals surface area contributed by atoms with Crippen LogP contribution in [-0.4, -0.2) is 89.4 Å². The van der Waals surface area contributed by atoms with E-state index in [1.165, 1.54) is 0 Å². The lowest BCUT2D eigenvalue weighted by Crippen LogP contribution is -2.39. The molecule has 0 bridgehead atoms. The van der Waals surface area contributed by atoms with Gasteiger partial charge in [0.15, 0.2) is 0 Å². The molecule has 15 nitrogen and oxygen atoms in total. The Labute approximate surface area is 548 Å². The lowest BCUT2D eigenvalue weighted by atomic mass is 9.88. The first-order valence-corrected chi connectivity index (χ1v) is 36.9. The summed E-state index contributed by atoms with van der Waals surface area (Å²) in [4.78, 5) is 131. The first-order valence-electron chi connectivity index (χ1n) is 31.3. The van der Waals surface area contributed by atoms with E-state index in [1.807, 2.05) is 41.5 Å². The van der Waals surface area contributed by atoms with Crippen LogP contribution in [0.2, 0.25) is 0 Å². The summed E-state index contributed by atoms with van der Waals surface area (Å²) in [5.74, 6) is -3.07. The van der Waals surface area contributed by atoms with Crippen molar-refractivity contribution in [1.29, 1.82) is 0 Å². The Morgan fingerprint density at radius 1 is 0.280 bits per heavy atom. The average molecular weight is 1320 g/mol. The van der Waals surface area contributed by atoms with Gasteiger partial charge in [0.2, 0.25) is 54.6 Å². The van der Waals surface area contributed by atoms with E-state index < -0.39 is 135 Å². The van der Waals surface area contributed by atoms with Crippen molar-refractivity contribution in [2.24, 2.45) is 5.41 Å². The predicted octanol–water partition coefficient (Wildman–Crippen LogP) is 16.9. The van der Waals surface area contributed by atoms with Crippen LogP contribution in [0.5, 0.6) is 0 Å². The molecule has 0 aliphatic heterocycles. The molecule has 18 heteroatoms. The Balaban J connectivity index is 1.35. The van der Waals surface area contributed by atoms with Crippen molar-refractivity contribution in [1.82, 2.24) is 0 Å². The molecule has 0 spiro atoms. The summed E-state index contributed by atoms with van der Waals surface area (Å²) in [6.45, 7) is 30.8. The maximum atomic E-state index is 15.5. The zero-order valence-electron chi connectivity index (χ0n) is 57.5. The minimum atomic E-state index is -4.70. The fourth-order valence-corrected chi connectivity index (χ4v) is 20.7. The molecular formula is C75H89O15P3. The fraction of sp³-hybridized carbons (Fsp3) is 0.400. The maximum absolute atomic E-state index is 15.5. The summed E-state index contributed by atoms with van der Waals surface area (Å²) in [6.07, 6.45) is -4.38. The molecule has 0 aliphatic carbocycles. The largest absolute Gasteiger partial charge is 0.465 e. The molecule has 0 aliphatic rings. The number of ether oxygens (including phenoxy) is 3. The summed E-state index contributed by atoms with van der Waals surface area (Å²) >= 11 is 0. The van der Waals surface area contributed by atoms with Gasteiger partial charge >= 0.3 is 17.9 Å². The van der Waals surface area contributed by atoms with Crippen LogP contribution in [0.1, 0.15) is 195 Å². The highest BCUT2D eigenvalue weighted by atomic mass is 31.2. The zero-order chi connectivity index (χ0) is 69.7. The van der Waals surface area contributed by atoms with Crippen molar-refractivity contribution < 1.29 is 71.1 Å². The third-order valence-electron chi connectivity index (χ3n) is 17.6. The van der Waals surface area contributed by atoms with E-state index in [4.69, 9.17) is 14.2 Å². The third-order valence-corrected chi connectivity index (χ3v) is 25.4. The number of carbonyl (C=O) groups excluding carboxylic acids is 9. The van der Waals surface area contributed by atoms with Gasteiger partial charge in [-0.25, -0.2) is 0 Å². The molecule has 0 radical (unpaired) electrons. The molecule has 6 aromatic carbocycles. The highest BCUT2D eigenvalue weighted by Gasteiger charge is 2.47. The Kier molecular flexibility index (Phi) is 23.9. The first-order chi connectivity index (χ1) is 43.2. The van der Waals surface area contributed by atoms with Crippen LogP contribution in [0.3, 0.4) is 0 Å². The molecule has 6 aromatic rings. The molecular weight excluding hydrogens is 1230 g/mol. The van der Waals surface area contributed by atoms with Crippen molar-refractivity contribution >= 4 is 72.5 Å². The number of hydrogen-bond donors (Lipinski definition) is 0. The molecule has 0 saturated carbocycles. The highest BCUT2D eigenvalue weighted by molar-refractivity contribution is 7.96. The highest BCUT2D eigenvalue weighted by Crippen LogP contribution is 2.57.